The summed E-state index contributed by atoms with van der Waals surface area (Å²) >= 11 is 5.92. The van der Waals surface area contributed by atoms with E-state index in [-0.39, 0.29) is 18.0 Å². The first-order valence-corrected chi connectivity index (χ1v) is 5.12. The van der Waals surface area contributed by atoms with Crippen molar-refractivity contribution in [3.05, 3.63) is 22.8 Å². The molecular weight excluding hydrogens is 232 g/mol. The first-order chi connectivity index (χ1) is 7.58. The second kappa shape index (κ2) is 4.09. The maximum atomic E-state index is 11.1. The standard InChI is InChI=1S/C10H9ClN2O3/c11-7-1-2-8(10(15)16)12-9(7)13-4-3-6(14)5-13/h1-2H,3-5H2,(H,15,16). The first kappa shape index (κ1) is 10.9. The Bertz CT molecular complexity index is 461. The van der Waals surface area contributed by atoms with E-state index >= 15 is 0 Å². The highest BCUT2D eigenvalue weighted by Gasteiger charge is 2.23. The van der Waals surface area contributed by atoms with Crippen molar-refractivity contribution in [1.82, 2.24) is 4.98 Å². The molecule has 1 N–H and O–H groups in total. The Morgan fingerprint density at radius 2 is 2.25 bits per heavy atom. The molecule has 5 nitrogen and oxygen atoms in total. The number of carbonyl (C=O) groups is 2. The van der Waals surface area contributed by atoms with Gasteiger partial charge in [-0.3, -0.25) is 4.79 Å². The molecule has 0 radical (unpaired) electrons. The lowest BCUT2D eigenvalue weighted by Gasteiger charge is -2.16. The number of ketones is 1. The van der Waals surface area contributed by atoms with Crippen LogP contribution in [0.25, 0.3) is 0 Å². The minimum Gasteiger partial charge on any atom is -0.477 e. The number of aromatic nitrogens is 1. The Balaban J connectivity index is 2.35. The lowest BCUT2D eigenvalue weighted by Crippen LogP contribution is -2.22. The third-order valence-electron chi connectivity index (χ3n) is 2.37. The highest BCUT2D eigenvalue weighted by atomic mass is 35.5. The molecule has 1 fully saturated rings. The second-order valence-corrected chi connectivity index (χ2v) is 3.92. The van der Waals surface area contributed by atoms with Crippen molar-refractivity contribution < 1.29 is 14.7 Å². The maximum absolute atomic E-state index is 11.1. The third-order valence-corrected chi connectivity index (χ3v) is 2.67. The van der Waals surface area contributed by atoms with Crippen LogP contribution in [-0.2, 0) is 4.79 Å². The van der Waals surface area contributed by atoms with Gasteiger partial charge in [-0.2, -0.15) is 0 Å². The zero-order valence-electron chi connectivity index (χ0n) is 8.31. The van der Waals surface area contributed by atoms with E-state index in [2.05, 4.69) is 4.98 Å². The highest BCUT2D eigenvalue weighted by Crippen LogP contribution is 2.25. The fourth-order valence-corrected chi connectivity index (χ4v) is 1.81. The van der Waals surface area contributed by atoms with Gasteiger partial charge in [-0.15, -0.1) is 0 Å². The molecule has 84 valence electrons. The first-order valence-electron chi connectivity index (χ1n) is 4.74. The van der Waals surface area contributed by atoms with E-state index in [1.807, 2.05) is 0 Å². The van der Waals surface area contributed by atoms with Gasteiger partial charge in [-0.25, -0.2) is 9.78 Å². The van der Waals surface area contributed by atoms with E-state index in [0.29, 0.717) is 23.8 Å². The molecule has 0 aromatic carbocycles. The molecule has 0 atom stereocenters. The average molecular weight is 241 g/mol. The zero-order valence-corrected chi connectivity index (χ0v) is 9.07. The predicted octanol–water partition coefficient (Wildman–Crippen LogP) is 1.21. The molecule has 1 aliphatic rings. The molecule has 1 aromatic heterocycles. The summed E-state index contributed by atoms with van der Waals surface area (Å²) in [6.07, 6.45) is 0.454. The summed E-state index contributed by atoms with van der Waals surface area (Å²) in [7, 11) is 0. The molecule has 2 heterocycles. The van der Waals surface area contributed by atoms with Crippen LogP contribution in [0.4, 0.5) is 5.82 Å². The number of carboxylic acid groups (broad SMARTS) is 1. The van der Waals surface area contributed by atoms with Gasteiger partial charge >= 0.3 is 5.97 Å². The van der Waals surface area contributed by atoms with Crippen LogP contribution in [0, 0.1) is 0 Å². The van der Waals surface area contributed by atoms with Crippen molar-refractivity contribution in [2.45, 2.75) is 6.42 Å². The number of hydrogen-bond acceptors (Lipinski definition) is 4. The molecule has 0 amide bonds. The molecular formula is C10H9ClN2O3. The number of halogens is 1. The van der Waals surface area contributed by atoms with Crippen LogP contribution < -0.4 is 4.90 Å². The molecule has 1 aromatic rings. The Hall–Kier alpha value is -1.62. The maximum Gasteiger partial charge on any atom is 0.354 e. The molecule has 0 saturated carbocycles. The van der Waals surface area contributed by atoms with Crippen LogP contribution in [0.1, 0.15) is 16.9 Å². The van der Waals surface area contributed by atoms with Crippen molar-refractivity contribution in [3.63, 3.8) is 0 Å². The number of Topliss-reactive ketones (excluding diaryl/α,β-unsaturated/α-hetero) is 1. The molecule has 1 aliphatic heterocycles. The van der Waals surface area contributed by atoms with Crippen molar-refractivity contribution in [2.24, 2.45) is 0 Å². The summed E-state index contributed by atoms with van der Waals surface area (Å²) in [5.74, 6) is -0.630. The van der Waals surface area contributed by atoms with Gasteiger partial charge < -0.3 is 10.0 Å². The van der Waals surface area contributed by atoms with Crippen molar-refractivity contribution in [2.75, 3.05) is 18.0 Å². The molecule has 6 heteroatoms. The van der Waals surface area contributed by atoms with Crippen molar-refractivity contribution >= 4 is 29.2 Å². The number of anilines is 1. The summed E-state index contributed by atoms with van der Waals surface area (Å²) in [5.41, 5.74) is -0.0706. The van der Waals surface area contributed by atoms with Crippen LogP contribution in [-0.4, -0.2) is 34.9 Å². The summed E-state index contributed by atoms with van der Waals surface area (Å²) < 4.78 is 0. The van der Waals surface area contributed by atoms with Gasteiger partial charge in [0, 0.05) is 13.0 Å². The largest absolute Gasteiger partial charge is 0.477 e. The predicted molar refractivity (Wildman–Crippen MR) is 58.0 cm³/mol. The van der Waals surface area contributed by atoms with Gasteiger partial charge in [0.2, 0.25) is 0 Å². The SMILES string of the molecule is O=C1CCN(c2nc(C(=O)O)ccc2Cl)C1. The molecule has 0 spiro atoms. The highest BCUT2D eigenvalue weighted by molar-refractivity contribution is 6.33. The molecule has 0 unspecified atom stereocenters. The van der Waals surface area contributed by atoms with Crippen molar-refractivity contribution in [1.29, 1.82) is 0 Å². The quantitative estimate of drug-likeness (QED) is 0.842. The Kier molecular flexibility index (Phi) is 2.78. The van der Waals surface area contributed by atoms with Crippen LogP contribution >= 0.6 is 11.6 Å². The number of aromatic carboxylic acids is 1. The number of carboxylic acids is 1. The normalized spacial score (nSPS) is 15.6. The number of carbonyl (C=O) groups excluding carboxylic acids is 1. The van der Waals surface area contributed by atoms with Crippen LogP contribution in [0.15, 0.2) is 12.1 Å². The molecule has 16 heavy (non-hydrogen) atoms. The monoisotopic (exact) mass is 240 g/mol. The summed E-state index contributed by atoms with van der Waals surface area (Å²) in [6.45, 7) is 0.782. The molecule has 0 aliphatic carbocycles. The number of pyridine rings is 1. The Morgan fingerprint density at radius 3 is 2.81 bits per heavy atom. The van der Waals surface area contributed by atoms with E-state index in [1.165, 1.54) is 12.1 Å². The number of nitrogens with zero attached hydrogens (tertiary/aromatic N) is 2. The topological polar surface area (TPSA) is 70.5 Å². The van der Waals surface area contributed by atoms with Gasteiger partial charge in [0.1, 0.15) is 5.82 Å². The zero-order chi connectivity index (χ0) is 11.7. The minimum absolute atomic E-state index is 0.0706. The molecule has 1 saturated heterocycles. The fraction of sp³-hybridized carbons (Fsp3) is 0.300. The van der Waals surface area contributed by atoms with E-state index in [0.717, 1.165) is 0 Å². The van der Waals surface area contributed by atoms with E-state index in [4.69, 9.17) is 16.7 Å². The third kappa shape index (κ3) is 1.99. The van der Waals surface area contributed by atoms with Crippen LogP contribution in [0.5, 0.6) is 0 Å². The van der Waals surface area contributed by atoms with Gasteiger partial charge in [0.15, 0.2) is 11.5 Å². The summed E-state index contributed by atoms with van der Waals surface area (Å²) in [5, 5.41) is 9.16. The van der Waals surface area contributed by atoms with E-state index in [1.54, 1.807) is 4.90 Å². The molecule has 2 rings (SSSR count). The fourth-order valence-electron chi connectivity index (χ4n) is 1.58. The number of hydrogen-bond donors (Lipinski definition) is 1. The van der Waals surface area contributed by atoms with Gasteiger partial charge in [-0.05, 0) is 12.1 Å². The summed E-state index contributed by atoms with van der Waals surface area (Å²) in [6, 6.07) is 2.82. The lowest BCUT2D eigenvalue weighted by molar-refractivity contribution is -0.116. The lowest BCUT2D eigenvalue weighted by atomic mass is 10.3. The average Bonchev–Trinajstić information content (AvgIpc) is 2.65. The van der Waals surface area contributed by atoms with E-state index < -0.39 is 5.97 Å². The number of rotatable bonds is 2. The van der Waals surface area contributed by atoms with Gasteiger partial charge in [0.25, 0.3) is 0 Å². The second-order valence-electron chi connectivity index (χ2n) is 3.52. The van der Waals surface area contributed by atoms with Crippen LogP contribution in [0.2, 0.25) is 5.02 Å². The van der Waals surface area contributed by atoms with Crippen molar-refractivity contribution in [3.8, 4) is 0 Å². The minimum atomic E-state index is -1.11. The van der Waals surface area contributed by atoms with Crippen LogP contribution in [0.3, 0.4) is 0 Å². The van der Waals surface area contributed by atoms with Gasteiger partial charge in [0.05, 0.1) is 11.6 Å². The summed E-state index contributed by atoms with van der Waals surface area (Å²) in [4.78, 5) is 27.5. The van der Waals surface area contributed by atoms with Gasteiger partial charge in [-0.1, -0.05) is 11.6 Å². The Labute approximate surface area is 96.7 Å². The smallest absolute Gasteiger partial charge is 0.354 e. The Morgan fingerprint density at radius 1 is 1.50 bits per heavy atom. The molecule has 0 bridgehead atoms. The van der Waals surface area contributed by atoms with E-state index in [9.17, 15) is 9.59 Å².